The lowest BCUT2D eigenvalue weighted by atomic mass is 10.2. The monoisotopic (exact) mass is 405 g/mol. The van der Waals surface area contributed by atoms with E-state index in [0.29, 0.717) is 10.4 Å². The highest BCUT2D eigenvalue weighted by atomic mass is 32.2. The van der Waals surface area contributed by atoms with Crippen molar-refractivity contribution in [2.75, 3.05) is 11.8 Å². The second kappa shape index (κ2) is 7.29. The number of rotatable bonds is 6. The highest BCUT2D eigenvalue weighted by Gasteiger charge is 2.20. The van der Waals surface area contributed by atoms with Gasteiger partial charge in [-0.25, -0.2) is 13.2 Å². The van der Waals surface area contributed by atoms with E-state index in [4.69, 9.17) is 9.84 Å². The average Bonchev–Trinajstić information content (AvgIpc) is 3.13. The van der Waals surface area contributed by atoms with Crippen molar-refractivity contribution in [1.82, 2.24) is 0 Å². The number of nitrogens with one attached hydrogen (secondary N) is 1. The molecule has 3 N–H and O–H groups in total. The quantitative estimate of drug-likeness (QED) is 0.577. The number of hydrogen-bond donors (Lipinski definition) is 3. The molecule has 0 amide bonds. The van der Waals surface area contributed by atoms with Crippen molar-refractivity contribution >= 4 is 33.0 Å². The van der Waals surface area contributed by atoms with Crippen molar-refractivity contribution in [2.45, 2.75) is 4.21 Å². The number of ether oxygens (including phenoxy) is 1. The molecule has 0 aliphatic heterocycles. The fourth-order valence-corrected chi connectivity index (χ4v) is 4.81. The largest absolute Gasteiger partial charge is 0.507 e. The van der Waals surface area contributed by atoms with Crippen molar-refractivity contribution in [3.8, 4) is 21.9 Å². The molecule has 0 radical (unpaired) electrons. The third kappa shape index (κ3) is 3.88. The Balaban J connectivity index is 1.92. The number of methoxy groups -OCH3 is 1. The second-order valence-electron chi connectivity index (χ2n) is 5.46. The maximum absolute atomic E-state index is 12.7. The van der Waals surface area contributed by atoms with E-state index in [0.717, 1.165) is 11.3 Å². The molecular weight excluding hydrogens is 390 g/mol. The lowest BCUT2D eigenvalue weighted by Gasteiger charge is -2.11. The van der Waals surface area contributed by atoms with Crippen molar-refractivity contribution in [3.05, 3.63) is 60.2 Å². The second-order valence-corrected chi connectivity index (χ2v) is 8.45. The van der Waals surface area contributed by atoms with Gasteiger partial charge in [0.25, 0.3) is 10.0 Å². The van der Waals surface area contributed by atoms with Gasteiger partial charge in [-0.2, -0.15) is 0 Å². The van der Waals surface area contributed by atoms with E-state index in [-0.39, 0.29) is 27.0 Å². The van der Waals surface area contributed by atoms with Crippen LogP contribution in [0.5, 0.6) is 11.5 Å². The van der Waals surface area contributed by atoms with E-state index in [2.05, 4.69) is 4.72 Å². The summed E-state index contributed by atoms with van der Waals surface area (Å²) in [6.45, 7) is 0. The van der Waals surface area contributed by atoms with Gasteiger partial charge < -0.3 is 14.9 Å². The molecule has 3 rings (SSSR count). The molecule has 0 aliphatic rings. The van der Waals surface area contributed by atoms with Gasteiger partial charge in [-0.15, -0.1) is 11.3 Å². The Bertz CT molecular complexity index is 1100. The number of para-hydroxylation sites is 1. The Labute approximate surface area is 159 Å². The zero-order chi connectivity index (χ0) is 19.6. The van der Waals surface area contributed by atoms with Gasteiger partial charge in [-0.3, -0.25) is 4.72 Å². The first-order valence-corrected chi connectivity index (χ1v) is 9.94. The Morgan fingerprint density at radius 2 is 1.85 bits per heavy atom. The summed E-state index contributed by atoms with van der Waals surface area (Å²) in [5.41, 5.74) is 0.639. The average molecular weight is 405 g/mol. The Kier molecular flexibility index (Phi) is 5.06. The van der Waals surface area contributed by atoms with E-state index >= 15 is 0 Å². The van der Waals surface area contributed by atoms with E-state index < -0.39 is 16.0 Å². The van der Waals surface area contributed by atoms with Gasteiger partial charge in [-0.05, 0) is 42.5 Å². The third-order valence-corrected chi connectivity index (χ3v) is 6.68. The lowest BCUT2D eigenvalue weighted by molar-refractivity contribution is 0.0696. The third-order valence-electron chi connectivity index (χ3n) is 3.71. The molecule has 9 heteroatoms. The molecule has 1 heterocycles. The minimum atomic E-state index is -3.92. The zero-order valence-corrected chi connectivity index (χ0v) is 15.7. The molecule has 0 spiro atoms. The smallest absolute Gasteiger partial charge is 0.335 e. The highest BCUT2D eigenvalue weighted by molar-refractivity contribution is 7.94. The Hall–Kier alpha value is -3.04. The Morgan fingerprint density at radius 1 is 1.11 bits per heavy atom. The SMILES string of the molecule is COc1cc(C(=O)O)ccc1NS(=O)(=O)c1ccc(-c2ccccc2O)s1. The van der Waals surface area contributed by atoms with Crippen LogP contribution in [-0.2, 0) is 10.0 Å². The summed E-state index contributed by atoms with van der Waals surface area (Å²) in [6, 6.07) is 13.5. The number of benzene rings is 2. The molecule has 0 unspecified atom stereocenters. The van der Waals surface area contributed by atoms with Gasteiger partial charge in [0.15, 0.2) is 0 Å². The normalized spacial score (nSPS) is 11.1. The zero-order valence-electron chi connectivity index (χ0n) is 14.0. The number of phenolic OH excluding ortho intramolecular Hbond substituents is 1. The number of aromatic carboxylic acids is 1. The highest BCUT2D eigenvalue weighted by Crippen LogP contribution is 2.37. The first-order chi connectivity index (χ1) is 12.8. The molecule has 7 nitrogen and oxygen atoms in total. The van der Waals surface area contributed by atoms with Crippen LogP contribution in [0, 0.1) is 0 Å². The van der Waals surface area contributed by atoms with Crippen LogP contribution in [0.4, 0.5) is 5.69 Å². The number of aromatic hydroxyl groups is 1. The first kappa shape index (κ1) is 18.7. The van der Waals surface area contributed by atoms with Gasteiger partial charge in [0.1, 0.15) is 15.7 Å². The number of sulfonamides is 1. The van der Waals surface area contributed by atoms with E-state index in [9.17, 15) is 18.3 Å². The van der Waals surface area contributed by atoms with Crippen molar-refractivity contribution in [1.29, 1.82) is 0 Å². The van der Waals surface area contributed by atoms with Gasteiger partial charge in [0, 0.05) is 10.4 Å². The summed E-state index contributed by atoms with van der Waals surface area (Å²) in [5, 5.41) is 19.0. The van der Waals surface area contributed by atoms with Gasteiger partial charge in [0.05, 0.1) is 18.4 Å². The van der Waals surface area contributed by atoms with Crippen LogP contribution in [0.1, 0.15) is 10.4 Å². The van der Waals surface area contributed by atoms with Gasteiger partial charge >= 0.3 is 5.97 Å². The number of hydrogen-bond acceptors (Lipinski definition) is 6. The molecule has 0 bridgehead atoms. The molecule has 140 valence electrons. The summed E-state index contributed by atoms with van der Waals surface area (Å²) in [4.78, 5) is 11.6. The molecule has 3 aromatic rings. The van der Waals surface area contributed by atoms with Crippen LogP contribution in [0.2, 0.25) is 0 Å². The van der Waals surface area contributed by atoms with Gasteiger partial charge in [0.2, 0.25) is 0 Å². The lowest BCUT2D eigenvalue weighted by Crippen LogP contribution is -2.12. The summed E-state index contributed by atoms with van der Waals surface area (Å²) in [5.74, 6) is -0.994. The minimum Gasteiger partial charge on any atom is -0.507 e. The minimum absolute atomic E-state index is 0.0206. The standard InChI is InChI=1S/C18H15NO6S2/c1-25-15-10-11(18(21)22)6-7-13(15)19-27(23,24)17-9-8-16(26-17)12-4-2-3-5-14(12)20/h2-10,19-20H,1H3,(H,21,22). The van der Waals surface area contributed by atoms with Crippen LogP contribution >= 0.6 is 11.3 Å². The molecule has 1 aromatic heterocycles. The molecule has 0 atom stereocenters. The number of anilines is 1. The predicted octanol–water partition coefficient (Wildman–Crippen LogP) is 3.63. The van der Waals surface area contributed by atoms with Crippen LogP contribution in [0.25, 0.3) is 10.4 Å². The number of phenols is 1. The number of carboxylic acids is 1. The number of carbonyl (C=O) groups is 1. The number of thiophene rings is 1. The molecular formula is C18H15NO6S2. The maximum atomic E-state index is 12.7. The summed E-state index contributed by atoms with van der Waals surface area (Å²) < 4.78 is 32.9. The molecule has 0 saturated carbocycles. The summed E-state index contributed by atoms with van der Waals surface area (Å²) in [6.07, 6.45) is 0. The van der Waals surface area contributed by atoms with Crippen LogP contribution in [-0.4, -0.2) is 31.7 Å². The van der Waals surface area contributed by atoms with Crippen LogP contribution < -0.4 is 9.46 Å². The van der Waals surface area contributed by atoms with Crippen molar-refractivity contribution < 1.29 is 28.2 Å². The Morgan fingerprint density at radius 3 is 2.52 bits per heavy atom. The van der Waals surface area contributed by atoms with Crippen LogP contribution in [0.3, 0.4) is 0 Å². The van der Waals surface area contributed by atoms with Crippen molar-refractivity contribution in [2.24, 2.45) is 0 Å². The molecule has 2 aromatic carbocycles. The fraction of sp³-hybridized carbons (Fsp3) is 0.0556. The van der Waals surface area contributed by atoms with Gasteiger partial charge in [-0.1, -0.05) is 12.1 Å². The van der Waals surface area contributed by atoms with E-state index in [1.807, 2.05) is 0 Å². The number of carboxylic acid groups (broad SMARTS) is 1. The molecule has 0 fully saturated rings. The van der Waals surface area contributed by atoms with Crippen LogP contribution in [0.15, 0.2) is 58.8 Å². The fourth-order valence-electron chi connectivity index (χ4n) is 2.39. The first-order valence-electron chi connectivity index (χ1n) is 7.64. The van der Waals surface area contributed by atoms with Crippen molar-refractivity contribution in [3.63, 3.8) is 0 Å². The molecule has 0 saturated heterocycles. The molecule has 0 aliphatic carbocycles. The maximum Gasteiger partial charge on any atom is 0.335 e. The topological polar surface area (TPSA) is 113 Å². The van der Waals surface area contributed by atoms with E-state index in [1.165, 1.54) is 37.4 Å². The molecule has 27 heavy (non-hydrogen) atoms. The predicted molar refractivity (Wildman–Crippen MR) is 102 cm³/mol. The van der Waals surface area contributed by atoms with E-state index in [1.54, 1.807) is 24.3 Å². The summed E-state index contributed by atoms with van der Waals surface area (Å²) >= 11 is 1.00. The summed E-state index contributed by atoms with van der Waals surface area (Å²) in [7, 11) is -2.60.